The van der Waals surface area contributed by atoms with Crippen LogP contribution in [0.5, 0.6) is 0 Å². The van der Waals surface area contributed by atoms with Gasteiger partial charge in [-0.25, -0.2) is 0 Å². The third-order valence-electron chi connectivity index (χ3n) is 4.81. The van der Waals surface area contributed by atoms with Gasteiger partial charge >= 0.3 is 6.18 Å². The maximum atomic E-state index is 13.0. The first-order chi connectivity index (χ1) is 14.3. The number of halogens is 4. The van der Waals surface area contributed by atoms with Crippen LogP contribution < -0.4 is 5.32 Å². The minimum Gasteiger partial charge on any atom is -0.308 e. The fourth-order valence-electron chi connectivity index (χ4n) is 3.19. The zero-order valence-corrected chi connectivity index (χ0v) is 16.6. The predicted octanol–water partition coefficient (Wildman–Crippen LogP) is 4.71. The summed E-state index contributed by atoms with van der Waals surface area (Å²) in [7, 11) is 0. The zero-order valence-electron chi connectivity index (χ0n) is 15.9. The van der Waals surface area contributed by atoms with Gasteiger partial charge in [-0.3, -0.25) is 14.2 Å². The van der Waals surface area contributed by atoms with E-state index in [0.29, 0.717) is 12.2 Å². The molecule has 1 saturated carbocycles. The van der Waals surface area contributed by atoms with Crippen LogP contribution in [-0.2, 0) is 24.1 Å². The molecule has 2 aromatic heterocycles. The first kappa shape index (κ1) is 20.5. The maximum absolute atomic E-state index is 13.0. The van der Waals surface area contributed by atoms with Crippen LogP contribution in [0, 0.1) is 0 Å². The summed E-state index contributed by atoms with van der Waals surface area (Å²) in [6, 6.07) is 10.7. The van der Waals surface area contributed by atoms with Crippen molar-refractivity contribution in [1.29, 1.82) is 0 Å². The van der Waals surface area contributed by atoms with Gasteiger partial charge in [-0.15, -0.1) is 0 Å². The van der Waals surface area contributed by atoms with Crippen LogP contribution in [0.3, 0.4) is 0 Å². The van der Waals surface area contributed by atoms with E-state index in [-0.39, 0.29) is 29.7 Å². The minimum absolute atomic E-state index is 0.0411. The van der Waals surface area contributed by atoms with Gasteiger partial charge in [0.05, 0.1) is 6.54 Å². The summed E-state index contributed by atoms with van der Waals surface area (Å²) >= 11 is 6.16. The molecule has 3 aromatic rings. The zero-order chi connectivity index (χ0) is 21.3. The molecule has 0 radical (unpaired) electrons. The van der Waals surface area contributed by atoms with Crippen molar-refractivity contribution in [3.63, 3.8) is 0 Å². The fourth-order valence-corrected chi connectivity index (χ4v) is 3.39. The smallest absolute Gasteiger partial charge is 0.308 e. The first-order valence-corrected chi connectivity index (χ1v) is 9.89. The lowest BCUT2D eigenvalue weighted by molar-refractivity contribution is -0.141. The topological polar surface area (TPSA) is 64.7 Å². The molecule has 1 N–H and O–H groups in total. The van der Waals surface area contributed by atoms with Gasteiger partial charge in [-0.1, -0.05) is 41.9 Å². The van der Waals surface area contributed by atoms with Gasteiger partial charge in [-0.2, -0.15) is 23.4 Å². The lowest BCUT2D eigenvalue weighted by Gasteiger charge is -2.07. The van der Waals surface area contributed by atoms with Gasteiger partial charge in [0.1, 0.15) is 5.02 Å². The molecular formula is C20H19ClF3N5O. The van der Waals surface area contributed by atoms with Crippen molar-refractivity contribution < 1.29 is 18.0 Å². The molecule has 1 aliphatic carbocycles. The molecule has 1 aliphatic rings. The van der Waals surface area contributed by atoms with E-state index in [1.165, 1.54) is 4.68 Å². The van der Waals surface area contributed by atoms with Gasteiger partial charge in [0.25, 0.3) is 0 Å². The molecule has 0 unspecified atom stereocenters. The second-order valence-corrected chi connectivity index (χ2v) is 7.66. The number of rotatable bonds is 7. The van der Waals surface area contributed by atoms with E-state index in [1.54, 1.807) is 10.9 Å². The Bertz CT molecular complexity index is 1040. The monoisotopic (exact) mass is 437 g/mol. The maximum Gasteiger partial charge on any atom is 0.435 e. The number of anilines is 1. The number of carbonyl (C=O) groups excluding carboxylic acids is 1. The molecule has 0 bridgehead atoms. The van der Waals surface area contributed by atoms with Gasteiger partial charge < -0.3 is 5.32 Å². The van der Waals surface area contributed by atoms with Crippen LogP contribution in [0.15, 0.2) is 42.6 Å². The number of alkyl halides is 3. The Labute approximate surface area is 175 Å². The quantitative estimate of drug-likeness (QED) is 0.582. The Balaban J connectivity index is 1.38. The number of aromatic nitrogens is 4. The van der Waals surface area contributed by atoms with Crippen molar-refractivity contribution >= 4 is 23.3 Å². The predicted molar refractivity (Wildman–Crippen MR) is 105 cm³/mol. The normalized spacial score (nSPS) is 14.1. The highest BCUT2D eigenvalue weighted by atomic mass is 35.5. The summed E-state index contributed by atoms with van der Waals surface area (Å²) in [6.45, 7) is 0.546. The number of benzene rings is 1. The van der Waals surface area contributed by atoms with Crippen molar-refractivity contribution in [3.8, 4) is 0 Å². The van der Waals surface area contributed by atoms with E-state index in [4.69, 9.17) is 11.6 Å². The van der Waals surface area contributed by atoms with Crippen LogP contribution >= 0.6 is 11.6 Å². The average molecular weight is 438 g/mol. The second-order valence-electron chi connectivity index (χ2n) is 7.26. The Morgan fingerprint density at radius 1 is 1.20 bits per heavy atom. The third kappa shape index (κ3) is 4.84. The largest absolute Gasteiger partial charge is 0.435 e. The molecule has 4 rings (SSSR count). The molecule has 0 spiro atoms. The highest BCUT2D eigenvalue weighted by molar-refractivity contribution is 6.33. The molecular weight excluding hydrogens is 419 g/mol. The lowest BCUT2D eigenvalue weighted by Crippen LogP contribution is -2.17. The molecule has 6 nitrogen and oxygen atoms in total. The van der Waals surface area contributed by atoms with Gasteiger partial charge in [0.15, 0.2) is 11.5 Å². The summed E-state index contributed by atoms with van der Waals surface area (Å²) in [5, 5.41) is 10.8. The molecule has 0 atom stereocenters. The van der Waals surface area contributed by atoms with Crippen LogP contribution in [0.2, 0.25) is 5.02 Å². The van der Waals surface area contributed by atoms with E-state index in [1.807, 2.05) is 30.3 Å². The highest BCUT2D eigenvalue weighted by Crippen LogP contribution is 2.42. The molecule has 2 heterocycles. The number of nitrogens with zero attached hydrogens (tertiary/aromatic N) is 4. The van der Waals surface area contributed by atoms with E-state index in [9.17, 15) is 18.0 Å². The molecule has 30 heavy (non-hydrogen) atoms. The standard InChI is InChI=1S/C20H19ClF3N5O/c21-15-12-28(11-13-4-2-1-3-5-13)27-19(15)25-18(30)8-9-29-16(14-6-7-14)10-17(26-29)20(22,23)24/h1-5,10,12,14H,6-9,11H2,(H,25,27,30). The molecule has 1 aromatic carbocycles. The summed E-state index contributed by atoms with van der Waals surface area (Å²) in [5.74, 6) is -0.0936. The second kappa shape index (κ2) is 8.14. The van der Waals surface area contributed by atoms with E-state index in [0.717, 1.165) is 24.5 Å². The van der Waals surface area contributed by atoms with Crippen molar-refractivity contribution in [2.75, 3.05) is 5.32 Å². The van der Waals surface area contributed by atoms with Crippen molar-refractivity contribution in [1.82, 2.24) is 19.6 Å². The molecule has 0 saturated heterocycles. The summed E-state index contributed by atoms with van der Waals surface area (Å²) < 4.78 is 41.8. The van der Waals surface area contributed by atoms with Crippen molar-refractivity contribution in [2.45, 2.75) is 44.4 Å². The summed E-state index contributed by atoms with van der Waals surface area (Å²) in [5.41, 5.74) is 0.633. The average Bonchev–Trinajstić information content (AvgIpc) is 3.35. The lowest BCUT2D eigenvalue weighted by atomic mass is 10.2. The summed E-state index contributed by atoms with van der Waals surface area (Å²) in [4.78, 5) is 12.3. The van der Waals surface area contributed by atoms with Crippen molar-refractivity contribution in [3.05, 3.63) is 64.6 Å². The SMILES string of the molecule is O=C(CCn1nc(C(F)(F)F)cc1C1CC1)Nc1nn(Cc2ccccc2)cc1Cl. The summed E-state index contributed by atoms with van der Waals surface area (Å²) in [6.07, 6.45) is -1.26. The van der Waals surface area contributed by atoms with Gasteiger partial charge in [-0.05, 0) is 24.5 Å². The molecule has 1 fully saturated rings. The van der Waals surface area contributed by atoms with E-state index < -0.39 is 17.8 Å². The van der Waals surface area contributed by atoms with Crippen LogP contribution in [-0.4, -0.2) is 25.5 Å². The van der Waals surface area contributed by atoms with Crippen LogP contribution in [0.1, 0.15) is 42.1 Å². The Morgan fingerprint density at radius 2 is 1.93 bits per heavy atom. The Kier molecular flexibility index (Phi) is 5.55. The molecule has 1 amide bonds. The number of carbonyl (C=O) groups is 1. The fraction of sp³-hybridized carbons (Fsp3) is 0.350. The highest BCUT2D eigenvalue weighted by Gasteiger charge is 2.37. The Morgan fingerprint density at radius 3 is 2.60 bits per heavy atom. The van der Waals surface area contributed by atoms with Crippen LogP contribution in [0.25, 0.3) is 0 Å². The van der Waals surface area contributed by atoms with Gasteiger partial charge in [0, 0.05) is 30.8 Å². The molecule has 158 valence electrons. The molecule has 10 heteroatoms. The third-order valence-corrected chi connectivity index (χ3v) is 5.09. The number of nitrogens with one attached hydrogen (secondary N) is 1. The number of hydrogen-bond donors (Lipinski definition) is 1. The van der Waals surface area contributed by atoms with Gasteiger partial charge in [0.2, 0.25) is 5.91 Å². The van der Waals surface area contributed by atoms with Crippen molar-refractivity contribution in [2.24, 2.45) is 0 Å². The minimum atomic E-state index is -4.50. The molecule has 0 aliphatic heterocycles. The van der Waals surface area contributed by atoms with Crippen LogP contribution in [0.4, 0.5) is 19.0 Å². The number of amides is 1. The number of aryl methyl sites for hydroxylation is 1. The van der Waals surface area contributed by atoms with E-state index >= 15 is 0 Å². The number of hydrogen-bond acceptors (Lipinski definition) is 3. The van der Waals surface area contributed by atoms with E-state index in [2.05, 4.69) is 15.5 Å². The Hall–Kier alpha value is -2.81. The first-order valence-electron chi connectivity index (χ1n) is 9.51.